The van der Waals surface area contributed by atoms with E-state index in [1.165, 1.54) is 0 Å². The lowest BCUT2D eigenvalue weighted by molar-refractivity contribution is -0.139. The minimum Gasteiger partial charge on any atom is -0.481 e. The van der Waals surface area contributed by atoms with Gasteiger partial charge in [-0.15, -0.1) is 0 Å². The molecule has 1 aromatic carbocycles. The minimum atomic E-state index is -0.720. The summed E-state index contributed by atoms with van der Waals surface area (Å²) in [6.07, 6.45) is 7.32. The van der Waals surface area contributed by atoms with E-state index < -0.39 is 11.9 Å². The molecule has 0 amide bonds. The van der Waals surface area contributed by atoms with E-state index in [9.17, 15) is 9.90 Å². The molecule has 2 nitrogen and oxygen atoms in total. The normalized spacial score (nSPS) is 21.6. The van der Waals surface area contributed by atoms with Gasteiger partial charge in [0, 0.05) is 0 Å². The Morgan fingerprint density at radius 1 is 1.31 bits per heavy atom. The van der Waals surface area contributed by atoms with Crippen molar-refractivity contribution in [2.45, 2.75) is 25.2 Å². The highest BCUT2D eigenvalue weighted by atomic mass is 16.4. The number of benzene rings is 1. The average Bonchev–Trinajstić information content (AvgIpc) is 2.31. The van der Waals surface area contributed by atoms with Crippen LogP contribution in [0.1, 0.15) is 30.7 Å². The van der Waals surface area contributed by atoms with Crippen LogP contribution in [0.3, 0.4) is 0 Å². The Hall–Kier alpha value is -1.57. The molecule has 2 unspecified atom stereocenters. The van der Waals surface area contributed by atoms with Crippen LogP contribution in [0.25, 0.3) is 0 Å². The van der Waals surface area contributed by atoms with Crippen molar-refractivity contribution in [2.75, 3.05) is 0 Å². The van der Waals surface area contributed by atoms with Crippen LogP contribution in [0.5, 0.6) is 0 Å². The molecule has 1 aliphatic carbocycles. The summed E-state index contributed by atoms with van der Waals surface area (Å²) < 4.78 is 0. The fourth-order valence-corrected chi connectivity index (χ4v) is 2.35. The first kappa shape index (κ1) is 10.9. The molecule has 0 spiro atoms. The van der Waals surface area contributed by atoms with Crippen LogP contribution >= 0.6 is 0 Å². The van der Waals surface area contributed by atoms with Crippen LogP contribution in [0, 0.1) is 5.92 Å². The third-order valence-corrected chi connectivity index (χ3v) is 3.14. The van der Waals surface area contributed by atoms with Gasteiger partial charge in [0.2, 0.25) is 0 Å². The molecule has 1 aliphatic rings. The molecule has 16 heavy (non-hydrogen) atoms. The lowest BCUT2D eigenvalue weighted by Crippen LogP contribution is -2.21. The number of carboxylic acid groups (broad SMARTS) is 1. The number of carboxylic acids is 1. The van der Waals surface area contributed by atoms with E-state index in [4.69, 9.17) is 0 Å². The molecule has 0 radical (unpaired) electrons. The topological polar surface area (TPSA) is 37.3 Å². The van der Waals surface area contributed by atoms with E-state index in [2.05, 4.69) is 12.2 Å². The zero-order valence-corrected chi connectivity index (χ0v) is 9.17. The van der Waals surface area contributed by atoms with Crippen molar-refractivity contribution in [1.82, 2.24) is 0 Å². The average molecular weight is 216 g/mol. The Balaban J connectivity index is 2.27. The number of hydrogen-bond donors (Lipinski definition) is 1. The number of allylic oxidation sites excluding steroid dienone is 2. The van der Waals surface area contributed by atoms with E-state index in [0.29, 0.717) is 0 Å². The Morgan fingerprint density at radius 2 is 2.06 bits per heavy atom. The predicted octanol–water partition coefficient (Wildman–Crippen LogP) is 3.21. The lowest BCUT2D eigenvalue weighted by Gasteiger charge is -2.23. The molecule has 0 heterocycles. The second kappa shape index (κ2) is 4.97. The highest BCUT2D eigenvalue weighted by molar-refractivity contribution is 5.76. The van der Waals surface area contributed by atoms with E-state index in [1.807, 2.05) is 30.3 Å². The summed E-state index contributed by atoms with van der Waals surface area (Å²) in [5.74, 6) is -0.964. The Labute approximate surface area is 95.6 Å². The maximum Gasteiger partial charge on any atom is 0.311 e. The predicted molar refractivity (Wildman–Crippen MR) is 63.3 cm³/mol. The van der Waals surface area contributed by atoms with Gasteiger partial charge in [-0.25, -0.2) is 0 Å². The molecule has 0 aromatic heterocycles. The second-order valence-electron chi connectivity index (χ2n) is 4.25. The molecule has 0 saturated carbocycles. The van der Waals surface area contributed by atoms with Crippen LogP contribution in [0.2, 0.25) is 0 Å². The Morgan fingerprint density at radius 3 is 2.62 bits per heavy atom. The quantitative estimate of drug-likeness (QED) is 0.788. The third-order valence-electron chi connectivity index (χ3n) is 3.14. The van der Waals surface area contributed by atoms with Crippen molar-refractivity contribution in [2.24, 2.45) is 5.92 Å². The maximum absolute atomic E-state index is 11.4. The summed E-state index contributed by atoms with van der Waals surface area (Å²) in [6.45, 7) is 0. The molecule has 0 fully saturated rings. The number of hydrogen-bond acceptors (Lipinski definition) is 1. The molecule has 2 heteroatoms. The van der Waals surface area contributed by atoms with E-state index in [1.54, 1.807) is 0 Å². The summed E-state index contributed by atoms with van der Waals surface area (Å²) >= 11 is 0. The maximum atomic E-state index is 11.4. The summed E-state index contributed by atoms with van der Waals surface area (Å²) in [7, 11) is 0. The van der Waals surface area contributed by atoms with Crippen molar-refractivity contribution < 1.29 is 9.90 Å². The van der Waals surface area contributed by atoms with Gasteiger partial charge in [-0.3, -0.25) is 4.79 Å². The van der Waals surface area contributed by atoms with Gasteiger partial charge in [-0.05, 0) is 30.7 Å². The molecule has 2 rings (SSSR count). The first-order valence-corrected chi connectivity index (χ1v) is 5.73. The van der Waals surface area contributed by atoms with Crippen molar-refractivity contribution in [3.05, 3.63) is 48.0 Å². The second-order valence-corrected chi connectivity index (χ2v) is 4.25. The lowest BCUT2D eigenvalue weighted by atomic mass is 9.80. The zero-order valence-electron chi connectivity index (χ0n) is 9.17. The zero-order chi connectivity index (χ0) is 11.4. The Bertz CT molecular complexity index is 381. The van der Waals surface area contributed by atoms with Gasteiger partial charge in [0.25, 0.3) is 0 Å². The molecule has 1 N–H and O–H groups in total. The summed E-state index contributed by atoms with van der Waals surface area (Å²) in [5, 5.41) is 9.35. The van der Waals surface area contributed by atoms with E-state index >= 15 is 0 Å². The first-order chi connectivity index (χ1) is 7.79. The largest absolute Gasteiger partial charge is 0.481 e. The van der Waals surface area contributed by atoms with Crippen LogP contribution in [-0.4, -0.2) is 11.1 Å². The molecular formula is C14H16O2. The summed E-state index contributed by atoms with van der Waals surface area (Å²) in [4.78, 5) is 11.4. The molecule has 2 atom stereocenters. The van der Waals surface area contributed by atoms with Crippen molar-refractivity contribution in [3.63, 3.8) is 0 Å². The van der Waals surface area contributed by atoms with E-state index in [0.717, 1.165) is 24.8 Å². The molecule has 84 valence electrons. The Kier molecular flexibility index (Phi) is 3.40. The molecule has 1 aromatic rings. The van der Waals surface area contributed by atoms with Gasteiger partial charge in [0.15, 0.2) is 0 Å². The fraction of sp³-hybridized carbons (Fsp3) is 0.357. The SMILES string of the molecule is O=C(O)C(c1ccccc1)C1C=CCCC1. The third kappa shape index (κ3) is 2.32. The van der Waals surface area contributed by atoms with Gasteiger partial charge >= 0.3 is 5.97 Å². The van der Waals surface area contributed by atoms with Crippen LogP contribution in [-0.2, 0) is 4.79 Å². The van der Waals surface area contributed by atoms with Gasteiger partial charge in [0.05, 0.1) is 5.92 Å². The smallest absolute Gasteiger partial charge is 0.311 e. The summed E-state index contributed by atoms with van der Waals surface area (Å²) in [5.41, 5.74) is 0.909. The fourth-order valence-electron chi connectivity index (χ4n) is 2.35. The molecular weight excluding hydrogens is 200 g/mol. The monoisotopic (exact) mass is 216 g/mol. The highest BCUT2D eigenvalue weighted by Crippen LogP contribution is 2.32. The van der Waals surface area contributed by atoms with Gasteiger partial charge in [-0.2, -0.15) is 0 Å². The standard InChI is InChI=1S/C14H16O2/c15-14(16)13(11-7-3-1-4-8-11)12-9-5-2-6-10-12/h1,3-5,7-9,12-13H,2,6,10H2,(H,15,16). The minimum absolute atomic E-state index is 0.147. The van der Waals surface area contributed by atoms with E-state index in [-0.39, 0.29) is 5.92 Å². The number of rotatable bonds is 3. The highest BCUT2D eigenvalue weighted by Gasteiger charge is 2.28. The molecule has 0 aliphatic heterocycles. The van der Waals surface area contributed by atoms with Gasteiger partial charge in [-0.1, -0.05) is 42.5 Å². The first-order valence-electron chi connectivity index (χ1n) is 5.73. The van der Waals surface area contributed by atoms with Crippen LogP contribution in [0.4, 0.5) is 0 Å². The number of aliphatic carboxylic acids is 1. The molecule has 0 bridgehead atoms. The molecule has 0 saturated heterocycles. The van der Waals surface area contributed by atoms with Crippen molar-refractivity contribution in [1.29, 1.82) is 0 Å². The van der Waals surface area contributed by atoms with Crippen LogP contribution in [0.15, 0.2) is 42.5 Å². The van der Waals surface area contributed by atoms with Gasteiger partial charge in [0.1, 0.15) is 0 Å². The van der Waals surface area contributed by atoms with Gasteiger partial charge < -0.3 is 5.11 Å². The number of carbonyl (C=O) groups is 1. The van der Waals surface area contributed by atoms with Crippen molar-refractivity contribution in [3.8, 4) is 0 Å². The van der Waals surface area contributed by atoms with Crippen LogP contribution < -0.4 is 0 Å². The summed E-state index contributed by atoms with van der Waals surface area (Å²) in [6, 6.07) is 9.53. The van der Waals surface area contributed by atoms with Crippen molar-refractivity contribution >= 4 is 5.97 Å².